The van der Waals surface area contributed by atoms with E-state index in [2.05, 4.69) is 22.8 Å². The van der Waals surface area contributed by atoms with Crippen LogP contribution in [0.5, 0.6) is 5.75 Å². The van der Waals surface area contributed by atoms with E-state index in [4.69, 9.17) is 0 Å². The van der Waals surface area contributed by atoms with Crippen molar-refractivity contribution >= 4 is 22.9 Å². The van der Waals surface area contributed by atoms with Crippen LogP contribution in [-0.2, 0) is 11.3 Å². The molecule has 0 saturated carbocycles. The number of nitrogens with zero attached hydrogens (tertiary/aromatic N) is 2. The lowest BCUT2D eigenvalue weighted by atomic mass is 10.1. The number of alkyl halides is 3. The van der Waals surface area contributed by atoms with E-state index < -0.39 is 35.0 Å². The van der Waals surface area contributed by atoms with Crippen LogP contribution in [-0.4, -0.2) is 63.6 Å². The topological polar surface area (TPSA) is 84.9 Å². The molecule has 1 amide bonds. The van der Waals surface area contributed by atoms with Crippen LogP contribution in [0, 0.1) is 0 Å². The number of anilines is 1. The Balaban J connectivity index is 1.98. The zero-order chi connectivity index (χ0) is 23.7. The Morgan fingerprint density at radius 1 is 1.25 bits per heavy atom. The first-order valence-electron chi connectivity index (χ1n) is 9.84. The van der Waals surface area contributed by atoms with E-state index in [1.807, 2.05) is 10.8 Å². The first-order chi connectivity index (χ1) is 15.1. The minimum Gasteiger partial charge on any atom is -0.755 e. The number of ether oxygens (including phenoxy) is 1. The molecule has 0 aliphatic carbocycles. The Labute approximate surface area is 187 Å². The summed E-state index contributed by atoms with van der Waals surface area (Å²) in [5.74, 6) is -1.24. The monoisotopic (exact) mass is 472 g/mol. The first-order valence-corrected chi connectivity index (χ1v) is 10.9. The summed E-state index contributed by atoms with van der Waals surface area (Å²) in [4.78, 5) is 16.5. The third kappa shape index (κ3) is 8.13. The number of hydrogen-bond acceptors (Lipinski definition) is 5. The summed E-state index contributed by atoms with van der Waals surface area (Å²) in [6, 6.07) is 3.21. The smallest absolute Gasteiger partial charge is 0.573 e. The maximum absolute atomic E-state index is 12.8. The fourth-order valence-electron chi connectivity index (χ4n) is 3.31. The van der Waals surface area contributed by atoms with Crippen LogP contribution in [0.15, 0.2) is 55.2 Å². The maximum atomic E-state index is 12.8. The third-order valence-corrected chi connectivity index (χ3v) is 5.23. The second kappa shape index (κ2) is 11.8. The van der Waals surface area contributed by atoms with Crippen molar-refractivity contribution in [3.63, 3.8) is 0 Å². The molecule has 0 bridgehead atoms. The van der Waals surface area contributed by atoms with Gasteiger partial charge in [0.05, 0.1) is 5.69 Å². The van der Waals surface area contributed by atoms with Crippen molar-refractivity contribution in [1.82, 2.24) is 9.80 Å². The Morgan fingerprint density at radius 2 is 1.94 bits per heavy atom. The SMILES string of the molecule is C=C/C=C(\C=C)CCCN1CCN(C(=O)c2ccc(NS(=O)[O-])c(OC(F)(F)F)c2)CC1. The Morgan fingerprint density at radius 3 is 2.50 bits per heavy atom. The summed E-state index contributed by atoms with van der Waals surface area (Å²) >= 11 is -2.85. The van der Waals surface area contributed by atoms with Gasteiger partial charge in [0.25, 0.3) is 5.91 Å². The average molecular weight is 473 g/mol. The number of allylic oxidation sites excluding steroid dienone is 4. The largest absolute Gasteiger partial charge is 0.755 e. The van der Waals surface area contributed by atoms with Gasteiger partial charge in [-0.15, -0.1) is 13.2 Å². The van der Waals surface area contributed by atoms with E-state index in [1.165, 1.54) is 6.07 Å². The Bertz CT molecular complexity index is 882. The van der Waals surface area contributed by atoms with Crippen LogP contribution in [0.1, 0.15) is 23.2 Å². The van der Waals surface area contributed by atoms with Crippen LogP contribution in [0.3, 0.4) is 0 Å². The van der Waals surface area contributed by atoms with Crippen molar-refractivity contribution in [3.8, 4) is 5.75 Å². The molecular weight excluding hydrogens is 447 g/mol. The molecule has 0 aromatic heterocycles. The van der Waals surface area contributed by atoms with Crippen LogP contribution in [0.4, 0.5) is 18.9 Å². The number of nitrogens with one attached hydrogen (secondary N) is 1. The Hall–Kier alpha value is -2.63. The predicted octanol–water partition coefficient (Wildman–Crippen LogP) is 3.63. The van der Waals surface area contributed by atoms with Gasteiger partial charge in [0, 0.05) is 43.0 Å². The van der Waals surface area contributed by atoms with Gasteiger partial charge in [-0.1, -0.05) is 31.4 Å². The van der Waals surface area contributed by atoms with Gasteiger partial charge in [-0.05, 0) is 43.2 Å². The summed E-state index contributed by atoms with van der Waals surface area (Å²) in [5, 5.41) is 0. The minimum absolute atomic E-state index is 0.0230. The number of hydrogen-bond donors (Lipinski definition) is 1. The molecular formula is C21H25F3N3O4S-. The molecule has 2 rings (SSSR count). The highest BCUT2D eigenvalue weighted by Gasteiger charge is 2.33. The number of carbonyl (C=O) groups excluding carboxylic acids is 1. The molecule has 0 radical (unpaired) electrons. The van der Waals surface area contributed by atoms with Crippen LogP contribution >= 0.6 is 0 Å². The summed E-state index contributed by atoms with van der Waals surface area (Å²) in [7, 11) is 0. The van der Waals surface area contributed by atoms with Crippen molar-refractivity contribution in [3.05, 3.63) is 60.7 Å². The summed E-state index contributed by atoms with van der Waals surface area (Å²) in [6.07, 6.45) is 2.18. The number of rotatable bonds is 10. The van der Waals surface area contributed by atoms with Crippen molar-refractivity contribution in [1.29, 1.82) is 0 Å². The maximum Gasteiger partial charge on any atom is 0.573 e. The zero-order valence-corrected chi connectivity index (χ0v) is 18.2. The molecule has 1 N–H and O–H groups in total. The second-order valence-electron chi connectivity index (χ2n) is 7.01. The highest BCUT2D eigenvalue weighted by atomic mass is 32.2. The van der Waals surface area contributed by atoms with Crippen LogP contribution in [0.25, 0.3) is 0 Å². The van der Waals surface area contributed by atoms with Gasteiger partial charge in [0.1, 0.15) is 0 Å². The molecule has 1 aliphatic rings. The fourth-order valence-corrected chi connectivity index (χ4v) is 3.66. The van der Waals surface area contributed by atoms with Gasteiger partial charge in [-0.3, -0.25) is 13.9 Å². The van der Waals surface area contributed by atoms with Gasteiger partial charge in [-0.2, -0.15) is 0 Å². The number of amides is 1. The summed E-state index contributed by atoms with van der Waals surface area (Å²) in [5.41, 5.74) is 0.663. The van der Waals surface area contributed by atoms with E-state index in [0.717, 1.165) is 37.1 Å². The molecule has 7 nitrogen and oxygen atoms in total. The van der Waals surface area contributed by atoms with Gasteiger partial charge >= 0.3 is 6.36 Å². The average Bonchev–Trinajstić information content (AvgIpc) is 2.73. The van der Waals surface area contributed by atoms with Gasteiger partial charge in [-0.25, -0.2) is 0 Å². The molecule has 1 aliphatic heterocycles. The van der Waals surface area contributed by atoms with Crippen LogP contribution < -0.4 is 9.46 Å². The molecule has 11 heteroatoms. The molecule has 176 valence electrons. The third-order valence-electron chi connectivity index (χ3n) is 4.84. The quantitative estimate of drug-likeness (QED) is 0.415. The van der Waals surface area contributed by atoms with E-state index in [1.54, 1.807) is 17.1 Å². The van der Waals surface area contributed by atoms with Gasteiger partial charge in [0.15, 0.2) is 5.75 Å². The zero-order valence-electron chi connectivity index (χ0n) is 17.4. The van der Waals surface area contributed by atoms with E-state index in [0.29, 0.717) is 26.2 Å². The molecule has 1 fully saturated rings. The molecule has 1 aromatic rings. The number of carbonyl (C=O) groups is 1. The highest BCUT2D eigenvalue weighted by molar-refractivity contribution is 7.80. The van der Waals surface area contributed by atoms with Crippen molar-refractivity contribution in [2.45, 2.75) is 19.2 Å². The molecule has 32 heavy (non-hydrogen) atoms. The van der Waals surface area contributed by atoms with E-state index >= 15 is 0 Å². The standard InChI is InChI=1S/C21H26F3N3O4S/c1-3-6-16(4-2)7-5-10-26-11-13-27(14-12-26)20(28)17-8-9-18(25-32(29)30)19(15-17)31-21(22,23)24/h3-4,6,8-9,15,25H,1-2,5,7,10-14H2,(H,29,30)/p-1/b16-6+. The first kappa shape index (κ1) is 25.6. The van der Waals surface area contributed by atoms with Gasteiger partial charge in [0.2, 0.25) is 0 Å². The molecule has 1 atom stereocenters. The van der Waals surface area contributed by atoms with E-state index in [9.17, 15) is 26.7 Å². The molecule has 1 aromatic carbocycles. The van der Waals surface area contributed by atoms with Crippen molar-refractivity contribution in [2.24, 2.45) is 0 Å². The lowest BCUT2D eigenvalue weighted by molar-refractivity contribution is -0.274. The molecule has 0 spiro atoms. The normalized spacial score (nSPS) is 16.4. The molecule has 1 heterocycles. The van der Waals surface area contributed by atoms with E-state index in [-0.39, 0.29) is 5.56 Å². The fraction of sp³-hybridized carbons (Fsp3) is 0.381. The van der Waals surface area contributed by atoms with Gasteiger partial charge < -0.3 is 18.9 Å². The highest BCUT2D eigenvalue weighted by Crippen LogP contribution is 2.32. The molecule has 1 unspecified atom stereocenters. The van der Waals surface area contributed by atoms with Crippen molar-refractivity contribution < 1.29 is 31.5 Å². The predicted molar refractivity (Wildman–Crippen MR) is 116 cm³/mol. The lowest BCUT2D eigenvalue weighted by Crippen LogP contribution is -2.48. The van der Waals surface area contributed by atoms with Crippen molar-refractivity contribution in [2.75, 3.05) is 37.4 Å². The second-order valence-corrected chi connectivity index (χ2v) is 7.69. The number of benzene rings is 1. The molecule has 1 saturated heterocycles. The van der Waals surface area contributed by atoms with Crippen LogP contribution in [0.2, 0.25) is 0 Å². The number of halogens is 3. The lowest BCUT2D eigenvalue weighted by Gasteiger charge is -2.35. The number of piperazine rings is 1. The summed E-state index contributed by atoms with van der Waals surface area (Å²) < 4.78 is 65.4. The minimum atomic E-state index is -5.04. The summed E-state index contributed by atoms with van der Waals surface area (Å²) in [6.45, 7) is 10.4. The Kier molecular flexibility index (Phi) is 9.48.